The van der Waals surface area contributed by atoms with E-state index in [0.717, 1.165) is 36.8 Å². The van der Waals surface area contributed by atoms with Gasteiger partial charge in [-0.1, -0.05) is 43.9 Å². The Labute approximate surface area is 207 Å². The number of aromatic nitrogens is 2. The Kier molecular flexibility index (Phi) is 7.09. The van der Waals surface area contributed by atoms with E-state index in [4.69, 9.17) is 22.3 Å². The normalized spacial score (nSPS) is 22.3. The largest absolute Gasteiger partial charge is 0.481 e. The molecule has 0 spiro atoms. The van der Waals surface area contributed by atoms with Crippen LogP contribution in [0.3, 0.4) is 0 Å². The van der Waals surface area contributed by atoms with Gasteiger partial charge in [0.25, 0.3) is 11.5 Å². The van der Waals surface area contributed by atoms with E-state index < -0.39 is 5.97 Å². The Balaban J connectivity index is 1.78. The first-order valence-corrected chi connectivity index (χ1v) is 12.6. The number of rotatable bonds is 6. The molecule has 34 heavy (non-hydrogen) atoms. The standard InChI is InChI=1S/C24H28N4O4S2/c1-14-6-7-19-25-21(26-11-15(2)9-16(3)12-26)17(22(31)28(19)13-14)10-18-23(32)27(24(33)34-18)8-4-5-20(29)30/h6-7,10,13,15-16H,4-5,8-9,11-12H2,1-3H3,(H,29,30). The topological polar surface area (TPSA) is 95.2 Å². The first kappa shape index (κ1) is 24.4. The first-order chi connectivity index (χ1) is 16.1. The second kappa shape index (κ2) is 9.87. The van der Waals surface area contributed by atoms with Gasteiger partial charge in [-0.2, -0.15) is 0 Å². The zero-order valence-corrected chi connectivity index (χ0v) is 21.1. The number of piperidine rings is 1. The van der Waals surface area contributed by atoms with E-state index in [9.17, 15) is 14.4 Å². The quantitative estimate of drug-likeness (QED) is 0.475. The van der Waals surface area contributed by atoms with E-state index in [2.05, 4.69) is 18.7 Å². The zero-order valence-electron chi connectivity index (χ0n) is 19.5. The van der Waals surface area contributed by atoms with Crippen molar-refractivity contribution in [2.75, 3.05) is 24.5 Å². The van der Waals surface area contributed by atoms with Gasteiger partial charge in [-0.3, -0.25) is 23.7 Å². The predicted molar refractivity (Wildman–Crippen MR) is 138 cm³/mol. The molecule has 2 fully saturated rings. The van der Waals surface area contributed by atoms with E-state index in [1.165, 1.54) is 9.30 Å². The minimum absolute atomic E-state index is 0.0408. The maximum atomic E-state index is 13.6. The number of amides is 1. The Bertz CT molecular complexity index is 1250. The Morgan fingerprint density at radius 3 is 2.65 bits per heavy atom. The smallest absolute Gasteiger partial charge is 0.303 e. The number of aliphatic carboxylic acids is 1. The molecular weight excluding hydrogens is 472 g/mol. The summed E-state index contributed by atoms with van der Waals surface area (Å²) in [6.45, 7) is 8.11. The Morgan fingerprint density at radius 2 is 1.97 bits per heavy atom. The lowest BCUT2D eigenvalue weighted by Gasteiger charge is -2.36. The van der Waals surface area contributed by atoms with Crippen molar-refractivity contribution in [3.8, 4) is 0 Å². The molecule has 4 rings (SSSR count). The molecule has 0 saturated carbocycles. The maximum Gasteiger partial charge on any atom is 0.303 e. The summed E-state index contributed by atoms with van der Waals surface area (Å²) in [4.78, 5) is 46.3. The molecule has 0 bridgehead atoms. The van der Waals surface area contributed by atoms with Crippen LogP contribution in [0.25, 0.3) is 11.7 Å². The number of thioether (sulfide) groups is 1. The van der Waals surface area contributed by atoms with E-state index in [1.807, 2.05) is 19.1 Å². The second-order valence-corrected chi connectivity index (χ2v) is 10.9. The molecule has 8 nitrogen and oxygen atoms in total. The van der Waals surface area contributed by atoms with Crippen LogP contribution in [0.5, 0.6) is 0 Å². The molecule has 0 aliphatic carbocycles. The number of thiocarbonyl (C=S) groups is 1. The Morgan fingerprint density at radius 1 is 1.26 bits per heavy atom. The number of carboxylic acids is 1. The monoisotopic (exact) mass is 500 g/mol. The zero-order chi connectivity index (χ0) is 24.6. The number of hydrogen-bond acceptors (Lipinski definition) is 7. The number of fused-ring (bicyclic) bond motifs is 1. The highest BCUT2D eigenvalue weighted by Crippen LogP contribution is 2.34. The van der Waals surface area contributed by atoms with Crippen LogP contribution >= 0.6 is 24.0 Å². The van der Waals surface area contributed by atoms with Crippen LogP contribution in [0.1, 0.15) is 44.2 Å². The van der Waals surface area contributed by atoms with Crippen molar-refractivity contribution in [2.45, 2.75) is 40.0 Å². The van der Waals surface area contributed by atoms with Crippen molar-refractivity contribution in [2.24, 2.45) is 11.8 Å². The molecule has 2 unspecified atom stereocenters. The number of carbonyl (C=O) groups is 2. The number of carbonyl (C=O) groups excluding carboxylic acids is 1. The lowest BCUT2D eigenvalue weighted by Crippen LogP contribution is -2.40. The predicted octanol–water partition coefficient (Wildman–Crippen LogP) is 3.55. The minimum Gasteiger partial charge on any atom is -0.481 e. The van der Waals surface area contributed by atoms with Gasteiger partial charge in [-0.25, -0.2) is 4.98 Å². The van der Waals surface area contributed by atoms with Crippen LogP contribution in [-0.4, -0.2) is 55.2 Å². The van der Waals surface area contributed by atoms with Gasteiger partial charge in [0, 0.05) is 32.3 Å². The highest BCUT2D eigenvalue weighted by molar-refractivity contribution is 8.26. The summed E-state index contributed by atoms with van der Waals surface area (Å²) < 4.78 is 1.89. The maximum absolute atomic E-state index is 13.6. The molecule has 180 valence electrons. The third-order valence-electron chi connectivity index (χ3n) is 6.08. The summed E-state index contributed by atoms with van der Waals surface area (Å²) in [6, 6.07) is 3.76. The lowest BCUT2D eigenvalue weighted by molar-refractivity contribution is -0.137. The van der Waals surface area contributed by atoms with Crippen LogP contribution in [0, 0.1) is 18.8 Å². The SMILES string of the molecule is Cc1ccc2nc(N3CC(C)CC(C)C3)c(C=C3SC(=S)N(CCCC(=O)O)C3=O)c(=O)n2c1. The van der Waals surface area contributed by atoms with Crippen molar-refractivity contribution in [3.05, 3.63) is 44.7 Å². The number of carboxylic acid groups (broad SMARTS) is 1. The van der Waals surface area contributed by atoms with E-state index in [1.54, 1.807) is 12.3 Å². The molecule has 0 aromatic carbocycles. The minimum atomic E-state index is -0.916. The van der Waals surface area contributed by atoms with Crippen molar-refractivity contribution in [1.82, 2.24) is 14.3 Å². The molecule has 2 aliphatic rings. The summed E-state index contributed by atoms with van der Waals surface area (Å²) >= 11 is 6.51. The van der Waals surface area contributed by atoms with E-state index in [0.29, 0.717) is 44.5 Å². The van der Waals surface area contributed by atoms with Gasteiger partial charge in [-0.15, -0.1) is 0 Å². The number of hydrogen-bond donors (Lipinski definition) is 1. The molecule has 0 radical (unpaired) electrons. The number of nitrogens with zero attached hydrogens (tertiary/aromatic N) is 4. The molecule has 2 aliphatic heterocycles. The molecule has 2 aromatic heterocycles. The van der Waals surface area contributed by atoms with E-state index in [-0.39, 0.29) is 24.4 Å². The van der Waals surface area contributed by atoms with E-state index >= 15 is 0 Å². The van der Waals surface area contributed by atoms with Crippen LogP contribution in [0.15, 0.2) is 28.0 Å². The summed E-state index contributed by atoms with van der Waals surface area (Å²) in [5, 5.41) is 8.89. The fourth-order valence-corrected chi connectivity index (χ4v) is 5.95. The molecule has 2 atom stereocenters. The summed E-state index contributed by atoms with van der Waals surface area (Å²) in [5.74, 6) is 0.287. The van der Waals surface area contributed by atoms with Gasteiger partial charge in [0.05, 0.1) is 10.5 Å². The van der Waals surface area contributed by atoms with Crippen molar-refractivity contribution >= 4 is 57.7 Å². The molecule has 10 heteroatoms. The lowest BCUT2D eigenvalue weighted by atomic mass is 9.91. The van der Waals surface area contributed by atoms with Gasteiger partial charge in [0.15, 0.2) is 0 Å². The van der Waals surface area contributed by atoms with Crippen molar-refractivity contribution in [1.29, 1.82) is 0 Å². The van der Waals surface area contributed by atoms with Crippen molar-refractivity contribution in [3.63, 3.8) is 0 Å². The summed E-state index contributed by atoms with van der Waals surface area (Å²) in [7, 11) is 0. The van der Waals surface area contributed by atoms with Gasteiger partial charge in [-0.05, 0) is 49.3 Å². The first-order valence-electron chi connectivity index (χ1n) is 11.4. The number of aryl methyl sites for hydroxylation is 1. The average Bonchev–Trinajstić information content (AvgIpc) is 3.02. The number of pyridine rings is 1. The van der Waals surface area contributed by atoms with Gasteiger partial charge in [0.2, 0.25) is 0 Å². The second-order valence-electron chi connectivity index (χ2n) is 9.27. The van der Waals surface area contributed by atoms with Gasteiger partial charge >= 0.3 is 5.97 Å². The Hall–Kier alpha value is -2.72. The summed E-state index contributed by atoms with van der Waals surface area (Å²) in [6.07, 6.45) is 4.75. The van der Waals surface area contributed by atoms with Crippen LogP contribution in [0.2, 0.25) is 0 Å². The highest BCUT2D eigenvalue weighted by Gasteiger charge is 2.33. The fraction of sp³-hybridized carbons (Fsp3) is 0.458. The molecule has 2 aromatic rings. The third kappa shape index (κ3) is 5.02. The van der Waals surface area contributed by atoms with Crippen LogP contribution in [0.4, 0.5) is 5.82 Å². The van der Waals surface area contributed by atoms with Gasteiger partial charge in [0.1, 0.15) is 15.8 Å². The molecular formula is C24H28N4O4S2. The average molecular weight is 501 g/mol. The third-order valence-corrected chi connectivity index (χ3v) is 7.45. The van der Waals surface area contributed by atoms with Gasteiger partial charge < -0.3 is 10.0 Å². The highest BCUT2D eigenvalue weighted by atomic mass is 32.2. The van der Waals surface area contributed by atoms with Crippen LogP contribution in [-0.2, 0) is 9.59 Å². The molecule has 2 saturated heterocycles. The summed E-state index contributed by atoms with van der Waals surface area (Å²) in [5.41, 5.74) is 1.64. The molecule has 1 N–H and O–H groups in total. The fourth-order valence-electron chi connectivity index (χ4n) is 4.66. The van der Waals surface area contributed by atoms with Crippen molar-refractivity contribution < 1.29 is 14.7 Å². The van der Waals surface area contributed by atoms with Crippen LogP contribution < -0.4 is 10.5 Å². The molecule has 1 amide bonds. The number of anilines is 1. The molecule has 4 heterocycles.